The molecule has 0 aromatic carbocycles. The predicted molar refractivity (Wildman–Crippen MR) is 205 cm³/mol. The standard InChI is InChI=1S/C40H74N4O6/c1-5-9-13-21-33(45)29-43(30-34(46)22-14-10-6-2)27-19-17-25-37-39(49)42-38(40(50)41-37)26-18-20-28-44(31-35(47)23-15-11-7-3)32-36(48)24-16-12-8-4/h9-11,13-15,33-38,45-48H,5-8,12,16-32H2,1-4H3,(H,41,50)(H,42,49)/b13-9-,14-10-,15-11-. The summed E-state index contributed by atoms with van der Waals surface area (Å²) in [5, 5.41) is 48.1. The summed E-state index contributed by atoms with van der Waals surface area (Å²) in [5.74, 6) is -0.299. The minimum absolute atomic E-state index is 0.149. The molecule has 0 aromatic heterocycles. The van der Waals surface area contributed by atoms with Gasteiger partial charge < -0.3 is 31.1 Å². The highest BCUT2D eigenvalue weighted by Crippen LogP contribution is 2.14. The predicted octanol–water partition coefficient (Wildman–Crippen LogP) is 5.01. The molecule has 2 amide bonds. The summed E-state index contributed by atoms with van der Waals surface area (Å²) in [6.45, 7) is 11.7. The van der Waals surface area contributed by atoms with Crippen molar-refractivity contribution in [1.29, 1.82) is 0 Å². The van der Waals surface area contributed by atoms with E-state index in [0.29, 0.717) is 71.4 Å². The Hall–Kier alpha value is -2.08. The van der Waals surface area contributed by atoms with Crippen LogP contribution in [0, 0.1) is 0 Å². The lowest BCUT2D eigenvalue weighted by atomic mass is 10.0. The maximum Gasteiger partial charge on any atom is 0.243 e. The number of amides is 2. The minimum atomic E-state index is -0.560. The average molecular weight is 707 g/mol. The second-order valence-corrected chi connectivity index (χ2v) is 14.1. The van der Waals surface area contributed by atoms with Crippen LogP contribution in [0.2, 0.25) is 0 Å². The van der Waals surface area contributed by atoms with Crippen molar-refractivity contribution in [2.24, 2.45) is 0 Å². The van der Waals surface area contributed by atoms with Gasteiger partial charge in [-0.1, -0.05) is 83.4 Å². The zero-order chi connectivity index (χ0) is 37.0. The largest absolute Gasteiger partial charge is 0.392 e. The number of carbonyl (C=O) groups is 2. The van der Waals surface area contributed by atoms with E-state index >= 15 is 0 Å². The average Bonchev–Trinajstić information content (AvgIpc) is 3.07. The lowest BCUT2D eigenvalue weighted by molar-refractivity contribution is -0.137. The van der Waals surface area contributed by atoms with E-state index in [0.717, 1.165) is 70.6 Å². The molecule has 0 radical (unpaired) electrons. The van der Waals surface area contributed by atoms with Gasteiger partial charge in [0.2, 0.25) is 11.8 Å². The molecule has 6 atom stereocenters. The molecule has 10 nitrogen and oxygen atoms in total. The summed E-state index contributed by atoms with van der Waals surface area (Å²) in [5.41, 5.74) is 0. The zero-order valence-electron chi connectivity index (χ0n) is 32.0. The van der Waals surface area contributed by atoms with Crippen molar-refractivity contribution in [1.82, 2.24) is 20.4 Å². The van der Waals surface area contributed by atoms with E-state index in [1.807, 2.05) is 30.4 Å². The number of unbranched alkanes of at least 4 members (excludes halogenated alkanes) is 4. The lowest BCUT2D eigenvalue weighted by Crippen LogP contribution is -2.61. The Morgan fingerprint density at radius 1 is 0.540 bits per heavy atom. The number of rotatable bonds is 31. The third-order valence-corrected chi connectivity index (χ3v) is 9.15. The highest BCUT2D eigenvalue weighted by molar-refractivity contribution is 5.96. The van der Waals surface area contributed by atoms with Crippen molar-refractivity contribution in [3.63, 3.8) is 0 Å². The van der Waals surface area contributed by atoms with Gasteiger partial charge >= 0.3 is 0 Å². The van der Waals surface area contributed by atoms with Gasteiger partial charge in [0.25, 0.3) is 0 Å². The Morgan fingerprint density at radius 3 is 1.28 bits per heavy atom. The van der Waals surface area contributed by atoms with Crippen LogP contribution >= 0.6 is 0 Å². The molecular weight excluding hydrogens is 632 g/mol. The van der Waals surface area contributed by atoms with Crippen molar-refractivity contribution in [2.75, 3.05) is 39.3 Å². The molecule has 0 bridgehead atoms. The number of nitrogens with one attached hydrogen (secondary N) is 2. The quantitative estimate of drug-likeness (QED) is 0.0436. The van der Waals surface area contributed by atoms with Gasteiger partial charge in [-0.2, -0.15) is 0 Å². The molecule has 10 heteroatoms. The molecule has 50 heavy (non-hydrogen) atoms. The molecule has 290 valence electrons. The lowest BCUT2D eigenvalue weighted by Gasteiger charge is -2.31. The third-order valence-electron chi connectivity index (χ3n) is 9.15. The van der Waals surface area contributed by atoms with Crippen molar-refractivity contribution >= 4 is 11.8 Å². The summed E-state index contributed by atoms with van der Waals surface area (Å²) >= 11 is 0. The highest BCUT2D eigenvalue weighted by Gasteiger charge is 2.32. The first-order chi connectivity index (χ1) is 24.1. The van der Waals surface area contributed by atoms with Gasteiger partial charge in [0.15, 0.2) is 0 Å². The molecule has 1 fully saturated rings. The maximum absolute atomic E-state index is 12.9. The van der Waals surface area contributed by atoms with Gasteiger partial charge in [-0.15, -0.1) is 0 Å². The second-order valence-electron chi connectivity index (χ2n) is 14.1. The maximum atomic E-state index is 12.9. The van der Waals surface area contributed by atoms with E-state index in [-0.39, 0.29) is 11.8 Å². The number of nitrogens with zero attached hydrogens (tertiary/aromatic N) is 2. The molecule has 6 unspecified atom stereocenters. The zero-order valence-corrected chi connectivity index (χ0v) is 32.0. The Morgan fingerprint density at radius 2 is 0.920 bits per heavy atom. The van der Waals surface area contributed by atoms with Crippen LogP contribution in [0.25, 0.3) is 0 Å². The van der Waals surface area contributed by atoms with Gasteiger partial charge in [0.1, 0.15) is 12.1 Å². The molecule has 0 saturated carbocycles. The molecule has 0 spiro atoms. The summed E-state index contributed by atoms with van der Waals surface area (Å²) in [6.07, 6.45) is 22.8. The van der Waals surface area contributed by atoms with Gasteiger partial charge in [-0.25, -0.2) is 0 Å². The molecular formula is C40H74N4O6. The van der Waals surface area contributed by atoms with Crippen LogP contribution in [0.3, 0.4) is 0 Å². The van der Waals surface area contributed by atoms with E-state index in [9.17, 15) is 30.0 Å². The number of piperazine rings is 1. The van der Waals surface area contributed by atoms with Crippen LogP contribution in [0.4, 0.5) is 0 Å². The van der Waals surface area contributed by atoms with Gasteiger partial charge in [0, 0.05) is 26.2 Å². The molecule has 1 aliphatic heterocycles. The van der Waals surface area contributed by atoms with Crippen molar-refractivity contribution in [3.05, 3.63) is 36.5 Å². The fourth-order valence-electron chi connectivity index (χ4n) is 6.36. The van der Waals surface area contributed by atoms with E-state index in [1.54, 1.807) is 0 Å². The summed E-state index contributed by atoms with van der Waals surface area (Å²) < 4.78 is 0. The summed E-state index contributed by atoms with van der Waals surface area (Å²) in [4.78, 5) is 30.1. The van der Waals surface area contributed by atoms with Crippen molar-refractivity contribution < 1.29 is 30.0 Å². The fraction of sp³-hybridized carbons (Fsp3) is 0.800. The number of carbonyl (C=O) groups excluding carboxylic acids is 2. The minimum Gasteiger partial charge on any atom is -0.392 e. The monoisotopic (exact) mass is 707 g/mol. The molecule has 1 aliphatic rings. The Kier molecular flexibility index (Phi) is 27.1. The van der Waals surface area contributed by atoms with Crippen LogP contribution in [-0.4, -0.2) is 118 Å². The number of allylic oxidation sites excluding steroid dienone is 3. The molecule has 0 aromatic rings. The number of aliphatic hydroxyl groups is 4. The van der Waals surface area contributed by atoms with E-state index in [2.05, 4.69) is 54.2 Å². The van der Waals surface area contributed by atoms with Crippen LogP contribution < -0.4 is 10.6 Å². The van der Waals surface area contributed by atoms with Crippen LogP contribution in [0.1, 0.15) is 130 Å². The molecule has 0 aliphatic carbocycles. The van der Waals surface area contributed by atoms with Gasteiger partial charge in [-0.3, -0.25) is 19.4 Å². The molecule has 1 heterocycles. The number of aliphatic hydroxyl groups excluding tert-OH is 4. The molecule has 1 saturated heterocycles. The SMILES string of the molecule is CC/C=C\CC(O)CN(CCCCC1NC(=O)C(CCCCN(CC(O)C/C=C\CC)CC(O)CCCCC)NC1=O)CC(O)C/C=C\CC. The van der Waals surface area contributed by atoms with Gasteiger partial charge in [-0.05, 0) is 96.6 Å². The third kappa shape index (κ3) is 22.7. The Balaban J connectivity index is 2.55. The van der Waals surface area contributed by atoms with E-state index in [4.69, 9.17) is 0 Å². The van der Waals surface area contributed by atoms with E-state index in [1.165, 1.54) is 0 Å². The van der Waals surface area contributed by atoms with Crippen molar-refractivity contribution in [3.8, 4) is 0 Å². The molecule has 6 N–H and O–H groups in total. The Labute approximate surface area is 304 Å². The summed E-state index contributed by atoms with van der Waals surface area (Å²) in [6, 6.07) is -1.12. The second kappa shape index (κ2) is 29.5. The highest BCUT2D eigenvalue weighted by atomic mass is 16.3. The first-order valence-corrected chi connectivity index (χ1v) is 19.9. The first-order valence-electron chi connectivity index (χ1n) is 19.9. The topological polar surface area (TPSA) is 146 Å². The molecule has 1 rings (SSSR count). The van der Waals surface area contributed by atoms with Crippen molar-refractivity contribution in [2.45, 2.75) is 167 Å². The number of hydrogen-bond acceptors (Lipinski definition) is 8. The smallest absolute Gasteiger partial charge is 0.243 e. The normalized spacial score (nSPS) is 19.6. The van der Waals surface area contributed by atoms with Crippen LogP contribution in [0.15, 0.2) is 36.5 Å². The first kappa shape index (κ1) is 45.9. The number of hydrogen-bond donors (Lipinski definition) is 6. The van der Waals surface area contributed by atoms with E-state index < -0.39 is 36.5 Å². The fourth-order valence-corrected chi connectivity index (χ4v) is 6.36. The summed E-state index contributed by atoms with van der Waals surface area (Å²) in [7, 11) is 0. The Bertz CT molecular complexity index is 936. The van der Waals surface area contributed by atoms with Gasteiger partial charge in [0.05, 0.1) is 24.4 Å². The van der Waals surface area contributed by atoms with Crippen LogP contribution in [-0.2, 0) is 9.59 Å². The van der Waals surface area contributed by atoms with Crippen LogP contribution in [0.5, 0.6) is 0 Å².